The van der Waals surface area contributed by atoms with Crippen molar-refractivity contribution in [2.75, 3.05) is 13.1 Å². The van der Waals surface area contributed by atoms with Crippen LogP contribution in [0.3, 0.4) is 0 Å². The van der Waals surface area contributed by atoms with Gasteiger partial charge < -0.3 is 5.32 Å². The first-order valence-electron chi connectivity index (χ1n) is 9.21. The van der Waals surface area contributed by atoms with Gasteiger partial charge in [0.1, 0.15) is 0 Å². The summed E-state index contributed by atoms with van der Waals surface area (Å²) in [5, 5.41) is 11.1. The molecule has 3 N–H and O–H groups in total. The minimum absolute atomic E-state index is 0.410. The van der Waals surface area contributed by atoms with E-state index in [0.717, 1.165) is 24.3 Å². The van der Waals surface area contributed by atoms with Crippen LogP contribution in [0.1, 0.15) is 61.8 Å². The van der Waals surface area contributed by atoms with Gasteiger partial charge in [-0.25, -0.2) is 0 Å². The van der Waals surface area contributed by atoms with Gasteiger partial charge in [-0.2, -0.15) is 0 Å². The molecule has 6 atom stereocenters. The summed E-state index contributed by atoms with van der Waals surface area (Å²) in [5.41, 5.74) is 0.410. The molecular weight excluding hydrogens is 258 g/mol. The molecule has 3 fully saturated rings. The summed E-state index contributed by atoms with van der Waals surface area (Å²) in [6, 6.07) is 1.34. The highest BCUT2D eigenvalue weighted by atomic mass is 15.2. The van der Waals surface area contributed by atoms with Gasteiger partial charge in [-0.1, -0.05) is 48.5 Å². The van der Waals surface area contributed by atoms with Crippen LogP contribution in [-0.4, -0.2) is 31.3 Å². The lowest BCUT2D eigenvalue weighted by atomic mass is 9.66. The minimum atomic E-state index is 0.410. The molecule has 3 rings (SSSR count). The maximum atomic E-state index is 3.81. The molecular formula is C18H39N3. The molecule has 3 aliphatic heterocycles. The number of hydrogen-bond donors (Lipinski definition) is 3. The molecule has 6 unspecified atom stereocenters. The Kier molecular flexibility index (Phi) is 7.15. The second-order valence-electron chi connectivity index (χ2n) is 7.33. The van der Waals surface area contributed by atoms with E-state index < -0.39 is 0 Å². The van der Waals surface area contributed by atoms with Crippen molar-refractivity contribution in [3.63, 3.8) is 0 Å². The molecule has 126 valence electrons. The Morgan fingerprint density at radius 2 is 1.57 bits per heavy atom. The fraction of sp³-hybridized carbons (Fsp3) is 1.00. The van der Waals surface area contributed by atoms with Crippen LogP contribution in [0.25, 0.3) is 0 Å². The highest BCUT2D eigenvalue weighted by Crippen LogP contribution is 2.48. The smallest absolute Gasteiger partial charge is 0.0612 e. The molecule has 3 heterocycles. The normalized spacial score (nSPS) is 41.1. The summed E-state index contributed by atoms with van der Waals surface area (Å²) in [7, 11) is 0. The fourth-order valence-electron chi connectivity index (χ4n) is 4.79. The molecule has 0 spiro atoms. The van der Waals surface area contributed by atoms with E-state index in [0.29, 0.717) is 23.7 Å². The number of rotatable bonds is 0. The maximum absolute atomic E-state index is 3.81. The van der Waals surface area contributed by atoms with Crippen molar-refractivity contribution in [3.8, 4) is 0 Å². The Morgan fingerprint density at radius 3 is 2.14 bits per heavy atom. The van der Waals surface area contributed by atoms with E-state index in [1.54, 1.807) is 0 Å². The summed E-state index contributed by atoms with van der Waals surface area (Å²) in [6.45, 7) is 20.0. The van der Waals surface area contributed by atoms with Crippen LogP contribution in [0.4, 0.5) is 0 Å². The number of fused-ring (bicyclic) bond motifs is 3. The molecule has 3 aliphatic rings. The van der Waals surface area contributed by atoms with Gasteiger partial charge >= 0.3 is 0 Å². The highest BCUT2D eigenvalue weighted by molar-refractivity contribution is 5.09. The Labute approximate surface area is 133 Å². The van der Waals surface area contributed by atoms with E-state index in [9.17, 15) is 0 Å². The quantitative estimate of drug-likeness (QED) is 0.642. The average molecular weight is 298 g/mol. The van der Waals surface area contributed by atoms with Crippen LogP contribution in [0.5, 0.6) is 0 Å². The zero-order valence-electron chi connectivity index (χ0n) is 15.6. The third kappa shape index (κ3) is 3.80. The van der Waals surface area contributed by atoms with Crippen LogP contribution >= 0.6 is 0 Å². The van der Waals surface area contributed by atoms with Crippen LogP contribution in [0, 0.1) is 23.2 Å². The molecule has 0 radical (unpaired) electrons. The van der Waals surface area contributed by atoms with Crippen LogP contribution in [0.2, 0.25) is 0 Å². The van der Waals surface area contributed by atoms with E-state index in [4.69, 9.17) is 0 Å². The van der Waals surface area contributed by atoms with Gasteiger partial charge in [0.05, 0.1) is 6.17 Å². The first kappa shape index (κ1) is 18.9. The van der Waals surface area contributed by atoms with E-state index in [-0.39, 0.29) is 0 Å². The monoisotopic (exact) mass is 297 g/mol. The number of nitrogens with one attached hydrogen (secondary N) is 3. The van der Waals surface area contributed by atoms with Gasteiger partial charge in [0.25, 0.3) is 0 Å². The lowest BCUT2D eigenvalue weighted by Crippen LogP contribution is -2.49. The molecule has 0 aromatic rings. The van der Waals surface area contributed by atoms with E-state index >= 15 is 0 Å². The summed E-state index contributed by atoms with van der Waals surface area (Å²) in [4.78, 5) is 0. The molecule has 21 heavy (non-hydrogen) atoms. The van der Waals surface area contributed by atoms with Gasteiger partial charge in [-0.3, -0.25) is 10.6 Å². The standard InChI is InChI=1S/C14H27N3.2C2H6/c1-8-12(14(2,3)4)11-9-5-6-15-7-10(9)17-13(11)16-8;2*1-2/h8-13,15-17H,5-7H2,1-4H3;2*1-2H3. The molecule has 0 aliphatic carbocycles. The third-order valence-electron chi connectivity index (χ3n) is 5.20. The van der Waals surface area contributed by atoms with E-state index in [1.165, 1.54) is 13.0 Å². The zero-order valence-corrected chi connectivity index (χ0v) is 15.6. The number of hydrogen-bond acceptors (Lipinski definition) is 3. The molecule has 3 heteroatoms. The highest BCUT2D eigenvalue weighted by Gasteiger charge is 2.55. The third-order valence-corrected chi connectivity index (χ3v) is 5.20. The van der Waals surface area contributed by atoms with Crippen molar-refractivity contribution in [3.05, 3.63) is 0 Å². The van der Waals surface area contributed by atoms with Gasteiger partial charge in [-0.05, 0) is 43.1 Å². The minimum Gasteiger partial charge on any atom is -0.315 e. The predicted molar refractivity (Wildman–Crippen MR) is 93.4 cm³/mol. The Hall–Kier alpha value is -0.120. The Balaban J connectivity index is 0.000000510. The van der Waals surface area contributed by atoms with Crippen molar-refractivity contribution >= 4 is 0 Å². The topological polar surface area (TPSA) is 36.1 Å². The molecule has 3 saturated heterocycles. The molecule has 0 bridgehead atoms. The van der Waals surface area contributed by atoms with Gasteiger partial charge in [-0.15, -0.1) is 0 Å². The molecule has 0 amide bonds. The average Bonchev–Trinajstić information content (AvgIpc) is 2.96. The maximum Gasteiger partial charge on any atom is 0.0612 e. The van der Waals surface area contributed by atoms with E-state index in [2.05, 4.69) is 43.6 Å². The lowest BCUT2D eigenvalue weighted by molar-refractivity contribution is 0.123. The largest absolute Gasteiger partial charge is 0.315 e. The lowest BCUT2D eigenvalue weighted by Gasteiger charge is -2.39. The summed E-state index contributed by atoms with van der Waals surface area (Å²) >= 11 is 0. The van der Waals surface area contributed by atoms with Crippen LogP contribution in [0.15, 0.2) is 0 Å². The predicted octanol–water partition coefficient (Wildman–Crippen LogP) is 3.22. The Morgan fingerprint density at radius 1 is 0.952 bits per heavy atom. The summed E-state index contributed by atoms with van der Waals surface area (Å²) in [6.07, 6.45) is 1.91. The second kappa shape index (κ2) is 7.94. The van der Waals surface area contributed by atoms with Gasteiger partial charge in [0, 0.05) is 18.6 Å². The van der Waals surface area contributed by atoms with Crippen molar-refractivity contribution in [2.45, 2.75) is 80.1 Å². The molecule has 3 nitrogen and oxygen atoms in total. The SMILES string of the molecule is CC.CC.CC1NC2NC3CNCCC3C2C1C(C)(C)C. The van der Waals surface area contributed by atoms with Gasteiger partial charge in [0.2, 0.25) is 0 Å². The molecule has 0 saturated carbocycles. The first-order chi connectivity index (χ1) is 9.98. The van der Waals surface area contributed by atoms with Crippen molar-refractivity contribution in [2.24, 2.45) is 23.2 Å². The van der Waals surface area contributed by atoms with Crippen LogP contribution < -0.4 is 16.0 Å². The van der Waals surface area contributed by atoms with Crippen molar-refractivity contribution in [1.29, 1.82) is 0 Å². The fourth-order valence-corrected chi connectivity index (χ4v) is 4.79. The van der Waals surface area contributed by atoms with Crippen molar-refractivity contribution < 1.29 is 0 Å². The zero-order chi connectivity index (χ0) is 16.2. The van der Waals surface area contributed by atoms with Crippen LogP contribution in [-0.2, 0) is 0 Å². The van der Waals surface area contributed by atoms with Gasteiger partial charge in [0.15, 0.2) is 0 Å². The van der Waals surface area contributed by atoms with Crippen molar-refractivity contribution in [1.82, 2.24) is 16.0 Å². The number of piperidine rings is 1. The molecule has 0 aromatic heterocycles. The molecule has 0 aromatic carbocycles. The second-order valence-corrected chi connectivity index (χ2v) is 7.33. The summed E-state index contributed by atoms with van der Waals surface area (Å²) in [5.74, 6) is 2.51. The van der Waals surface area contributed by atoms with E-state index in [1.807, 2.05) is 27.7 Å². The first-order valence-corrected chi connectivity index (χ1v) is 9.21. The Bertz CT molecular complexity index is 297. The summed E-state index contributed by atoms with van der Waals surface area (Å²) < 4.78 is 0.